The minimum absolute atomic E-state index is 0.0194. The Labute approximate surface area is 197 Å². The maximum Gasteiger partial charge on any atom is 0.240 e. The van der Waals surface area contributed by atoms with E-state index in [4.69, 9.17) is 16.1 Å². The van der Waals surface area contributed by atoms with E-state index in [9.17, 15) is 13.2 Å². The van der Waals surface area contributed by atoms with E-state index in [2.05, 4.69) is 15.2 Å². The van der Waals surface area contributed by atoms with E-state index in [0.717, 1.165) is 24.0 Å². The summed E-state index contributed by atoms with van der Waals surface area (Å²) in [6.07, 6.45) is 5.86. The zero-order chi connectivity index (χ0) is 23.4. The lowest BCUT2D eigenvalue weighted by Gasteiger charge is -2.07. The van der Waals surface area contributed by atoms with Crippen LogP contribution in [0.3, 0.4) is 0 Å². The van der Waals surface area contributed by atoms with Crippen molar-refractivity contribution < 1.29 is 17.7 Å². The Morgan fingerprint density at radius 2 is 1.82 bits per heavy atom. The summed E-state index contributed by atoms with van der Waals surface area (Å²) in [5.74, 6) is 0.501. The number of halogens is 1. The molecule has 0 saturated heterocycles. The maximum atomic E-state index is 12.6. The number of rotatable bonds is 9. The average Bonchev–Trinajstić information content (AvgIpc) is 3.60. The molecule has 1 aliphatic carbocycles. The van der Waals surface area contributed by atoms with E-state index >= 15 is 0 Å². The molecule has 4 rings (SSSR count). The molecular weight excluding hydrogens is 462 g/mol. The van der Waals surface area contributed by atoms with Gasteiger partial charge in [-0.2, -0.15) is 0 Å². The van der Waals surface area contributed by atoms with Crippen LogP contribution >= 0.6 is 11.6 Å². The molecule has 0 aliphatic heterocycles. The predicted octanol–water partition coefficient (Wildman–Crippen LogP) is 4.68. The van der Waals surface area contributed by atoms with Gasteiger partial charge in [-0.25, -0.2) is 13.1 Å². The number of anilines is 1. The summed E-state index contributed by atoms with van der Waals surface area (Å²) < 4.78 is 33.1. The van der Waals surface area contributed by atoms with Crippen LogP contribution in [-0.4, -0.2) is 26.0 Å². The van der Waals surface area contributed by atoms with Crippen LogP contribution in [-0.2, 0) is 21.2 Å². The number of nitrogens with zero attached hydrogens (tertiary/aromatic N) is 1. The molecule has 33 heavy (non-hydrogen) atoms. The summed E-state index contributed by atoms with van der Waals surface area (Å²) >= 11 is 5.87. The van der Waals surface area contributed by atoms with Gasteiger partial charge in [0.25, 0.3) is 0 Å². The molecule has 1 amide bonds. The fraction of sp³-hybridized carbons (Fsp3) is 0.250. The third-order valence-corrected chi connectivity index (χ3v) is 7.05. The normalized spacial score (nSPS) is 14.0. The largest absolute Gasteiger partial charge is 0.354 e. The van der Waals surface area contributed by atoms with Crippen LogP contribution in [0.5, 0.6) is 0 Å². The number of nitrogens with one attached hydrogen (secondary N) is 2. The number of amides is 1. The first-order chi connectivity index (χ1) is 15.8. The molecule has 1 aliphatic rings. The molecule has 7 nitrogen and oxygen atoms in total. The van der Waals surface area contributed by atoms with Crippen molar-refractivity contribution in [2.45, 2.75) is 31.1 Å². The van der Waals surface area contributed by atoms with E-state index < -0.39 is 10.0 Å². The molecule has 0 spiro atoms. The maximum absolute atomic E-state index is 12.6. The standard InChI is InChI=1S/C24H24ClN3O4S/c1-16-23(27-24(29)19-7-8-19)22(32-28-16)13-6-17-4-11-21(12-5-17)33(30,31)26-15-14-18-2-9-20(25)10-3-18/h2-6,9-13,19,26H,7-8,14-15H2,1H3,(H,27,29)/b13-6-. The van der Waals surface area contributed by atoms with Gasteiger partial charge >= 0.3 is 0 Å². The van der Waals surface area contributed by atoms with Gasteiger partial charge in [-0.15, -0.1) is 0 Å². The van der Waals surface area contributed by atoms with Crippen molar-refractivity contribution in [2.24, 2.45) is 5.92 Å². The molecule has 0 unspecified atom stereocenters. The molecule has 2 aromatic carbocycles. The Kier molecular flexibility index (Phi) is 6.97. The van der Waals surface area contributed by atoms with Gasteiger partial charge in [-0.05, 0) is 67.7 Å². The van der Waals surface area contributed by atoms with Gasteiger partial charge in [0.05, 0.1) is 4.90 Å². The number of carbonyl (C=O) groups is 1. The highest BCUT2D eigenvalue weighted by atomic mass is 35.5. The minimum Gasteiger partial charge on any atom is -0.354 e. The molecule has 2 N–H and O–H groups in total. The van der Waals surface area contributed by atoms with Crippen molar-refractivity contribution in [2.75, 3.05) is 11.9 Å². The second-order valence-corrected chi connectivity index (χ2v) is 10.2. The average molecular weight is 486 g/mol. The molecule has 9 heteroatoms. The van der Waals surface area contributed by atoms with Crippen LogP contribution in [0.4, 0.5) is 5.69 Å². The predicted molar refractivity (Wildman–Crippen MR) is 128 cm³/mol. The monoisotopic (exact) mass is 485 g/mol. The Balaban J connectivity index is 1.37. The number of sulfonamides is 1. The number of hydrogen-bond acceptors (Lipinski definition) is 5. The van der Waals surface area contributed by atoms with Gasteiger partial charge in [-0.1, -0.05) is 47.1 Å². The van der Waals surface area contributed by atoms with Crippen LogP contribution in [0.15, 0.2) is 57.9 Å². The summed E-state index contributed by atoms with van der Waals surface area (Å²) in [4.78, 5) is 12.3. The fourth-order valence-corrected chi connectivity index (χ4v) is 4.38. The van der Waals surface area contributed by atoms with Crippen LogP contribution in [0.25, 0.3) is 12.2 Å². The van der Waals surface area contributed by atoms with E-state index in [0.29, 0.717) is 28.6 Å². The Hall–Kier alpha value is -2.94. The lowest BCUT2D eigenvalue weighted by atomic mass is 10.2. The van der Waals surface area contributed by atoms with Crippen LogP contribution < -0.4 is 10.0 Å². The SMILES string of the molecule is Cc1noc(/C=C\c2ccc(S(=O)(=O)NCCc3ccc(Cl)cc3)cc2)c1NC(=O)C1CC1. The Morgan fingerprint density at radius 3 is 2.48 bits per heavy atom. The molecule has 1 heterocycles. The highest BCUT2D eigenvalue weighted by molar-refractivity contribution is 7.89. The molecule has 1 saturated carbocycles. The van der Waals surface area contributed by atoms with Gasteiger partial charge in [0, 0.05) is 17.5 Å². The van der Waals surface area contributed by atoms with Crippen molar-refractivity contribution in [3.8, 4) is 0 Å². The lowest BCUT2D eigenvalue weighted by molar-refractivity contribution is -0.117. The van der Waals surface area contributed by atoms with Crippen LogP contribution in [0.2, 0.25) is 5.02 Å². The summed E-state index contributed by atoms with van der Waals surface area (Å²) in [7, 11) is -3.62. The molecule has 172 valence electrons. The highest BCUT2D eigenvalue weighted by Crippen LogP contribution is 2.32. The van der Waals surface area contributed by atoms with Gasteiger partial charge in [0.15, 0.2) is 5.76 Å². The third kappa shape index (κ3) is 6.10. The first kappa shape index (κ1) is 23.2. The lowest BCUT2D eigenvalue weighted by Crippen LogP contribution is -2.25. The fourth-order valence-electron chi connectivity index (χ4n) is 3.22. The zero-order valence-electron chi connectivity index (χ0n) is 18.0. The van der Waals surface area contributed by atoms with E-state index in [1.807, 2.05) is 12.1 Å². The van der Waals surface area contributed by atoms with E-state index in [-0.39, 0.29) is 23.3 Å². The molecule has 3 aromatic rings. The van der Waals surface area contributed by atoms with E-state index in [1.54, 1.807) is 55.5 Å². The van der Waals surface area contributed by atoms with Crippen molar-refractivity contribution >= 4 is 45.4 Å². The number of aromatic nitrogens is 1. The topological polar surface area (TPSA) is 101 Å². The molecular formula is C24H24ClN3O4S. The molecule has 0 atom stereocenters. The van der Waals surface area contributed by atoms with Crippen molar-refractivity contribution in [3.05, 3.63) is 76.1 Å². The molecule has 1 fully saturated rings. The number of carbonyl (C=O) groups excluding carboxylic acids is 1. The summed E-state index contributed by atoms with van der Waals surface area (Å²) in [6, 6.07) is 13.8. The number of benzene rings is 2. The summed E-state index contributed by atoms with van der Waals surface area (Å²) in [6.45, 7) is 2.05. The smallest absolute Gasteiger partial charge is 0.240 e. The second kappa shape index (κ2) is 9.91. The number of aryl methyl sites for hydroxylation is 1. The highest BCUT2D eigenvalue weighted by Gasteiger charge is 2.30. The summed E-state index contributed by atoms with van der Waals surface area (Å²) in [5, 5.41) is 7.45. The Bertz CT molecular complexity index is 1260. The molecule has 0 radical (unpaired) electrons. The van der Waals surface area contributed by atoms with Gasteiger partial charge < -0.3 is 9.84 Å². The van der Waals surface area contributed by atoms with Gasteiger partial charge in [-0.3, -0.25) is 4.79 Å². The molecule has 0 bridgehead atoms. The third-order valence-electron chi connectivity index (χ3n) is 5.32. The Morgan fingerprint density at radius 1 is 1.12 bits per heavy atom. The first-order valence-electron chi connectivity index (χ1n) is 10.6. The van der Waals surface area contributed by atoms with Crippen LogP contribution in [0, 0.1) is 12.8 Å². The zero-order valence-corrected chi connectivity index (χ0v) is 19.6. The van der Waals surface area contributed by atoms with Crippen molar-refractivity contribution in [1.29, 1.82) is 0 Å². The first-order valence-corrected chi connectivity index (χ1v) is 12.5. The summed E-state index contributed by atoms with van der Waals surface area (Å²) in [5.41, 5.74) is 2.95. The van der Waals surface area contributed by atoms with E-state index in [1.165, 1.54) is 0 Å². The van der Waals surface area contributed by atoms with Crippen molar-refractivity contribution in [1.82, 2.24) is 9.88 Å². The second-order valence-electron chi connectivity index (χ2n) is 7.95. The van der Waals surface area contributed by atoms with Crippen LogP contribution in [0.1, 0.15) is 35.4 Å². The van der Waals surface area contributed by atoms with Gasteiger partial charge in [0.1, 0.15) is 11.4 Å². The minimum atomic E-state index is -3.62. The van der Waals surface area contributed by atoms with Crippen molar-refractivity contribution in [3.63, 3.8) is 0 Å². The quantitative estimate of drug-likeness (QED) is 0.458. The van der Waals surface area contributed by atoms with Gasteiger partial charge in [0.2, 0.25) is 15.9 Å². The number of hydrogen-bond donors (Lipinski definition) is 2. The molecule has 1 aromatic heterocycles.